The number of nitrogens with zero attached hydrogens (tertiary/aromatic N) is 7. The first-order valence-electron chi connectivity index (χ1n) is 16.4. The van der Waals surface area contributed by atoms with Crippen molar-refractivity contribution in [1.29, 1.82) is 0 Å². The van der Waals surface area contributed by atoms with Gasteiger partial charge in [-0.25, -0.2) is 9.48 Å². The largest absolute Gasteiger partial charge is 0.444 e. The number of carbonyl (C=O) groups is 1. The molecular formula is C33H43ClN8O4. The van der Waals surface area contributed by atoms with Gasteiger partial charge in [-0.15, -0.1) is 0 Å². The van der Waals surface area contributed by atoms with Gasteiger partial charge in [-0.2, -0.15) is 15.2 Å². The fourth-order valence-corrected chi connectivity index (χ4v) is 7.91. The lowest BCUT2D eigenvalue weighted by Gasteiger charge is -2.45. The van der Waals surface area contributed by atoms with Crippen molar-refractivity contribution in [2.45, 2.75) is 116 Å². The molecule has 4 atom stereocenters. The quantitative estimate of drug-likeness (QED) is 0.282. The van der Waals surface area contributed by atoms with Crippen LogP contribution in [0.2, 0.25) is 5.02 Å². The summed E-state index contributed by atoms with van der Waals surface area (Å²) < 4.78 is 17.1. The van der Waals surface area contributed by atoms with Crippen molar-refractivity contribution in [3.8, 4) is 11.3 Å². The molecule has 4 aromatic rings. The van der Waals surface area contributed by atoms with Gasteiger partial charge < -0.3 is 19.7 Å². The number of anilines is 1. The van der Waals surface area contributed by atoms with Gasteiger partial charge in [-0.05, 0) is 91.7 Å². The molecule has 12 nitrogen and oxygen atoms in total. The molecule has 6 heterocycles. The first kappa shape index (κ1) is 31.0. The summed E-state index contributed by atoms with van der Waals surface area (Å²) in [5, 5.41) is 14.5. The number of carbonyl (C=O) groups excluding carboxylic acids is 1. The maximum atomic E-state index is 14.4. The number of hydrogen-bond donors (Lipinski definition) is 1. The lowest BCUT2D eigenvalue weighted by molar-refractivity contribution is -0.0368. The van der Waals surface area contributed by atoms with E-state index in [9.17, 15) is 9.59 Å². The van der Waals surface area contributed by atoms with Crippen molar-refractivity contribution < 1.29 is 14.3 Å². The monoisotopic (exact) mass is 650 g/mol. The average molecular weight is 651 g/mol. The van der Waals surface area contributed by atoms with Crippen molar-refractivity contribution in [2.24, 2.45) is 7.05 Å². The van der Waals surface area contributed by atoms with Gasteiger partial charge in [-0.1, -0.05) is 11.6 Å². The second-order valence-electron chi connectivity index (χ2n) is 14.3. The fourth-order valence-electron chi connectivity index (χ4n) is 7.61. The summed E-state index contributed by atoms with van der Waals surface area (Å²) >= 11 is 7.02. The van der Waals surface area contributed by atoms with Gasteiger partial charge in [0.25, 0.3) is 5.56 Å². The van der Waals surface area contributed by atoms with E-state index in [0.717, 1.165) is 49.6 Å². The van der Waals surface area contributed by atoms with Crippen LogP contribution in [0.1, 0.15) is 85.8 Å². The Labute approximate surface area is 273 Å². The molecule has 2 bridgehead atoms. The minimum absolute atomic E-state index is 0.1000. The number of hydrogen-bond acceptors (Lipinski definition) is 8. The lowest BCUT2D eigenvalue weighted by Crippen LogP contribution is -2.59. The highest BCUT2D eigenvalue weighted by Crippen LogP contribution is 2.44. The van der Waals surface area contributed by atoms with Crippen molar-refractivity contribution >= 4 is 45.6 Å². The molecule has 3 aromatic heterocycles. The van der Waals surface area contributed by atoms with Crippen LogP contribution in [0.4, 0.5) is 10.7 Å². The third-order valence-electron chi connectivity index (χ3n) is 9.61. The molecule has 246 valence electrons. The molecular weight excluding hydrogens is 608 g/mol. The van der Waals surface area contributed by atoms with Crippen LogP contribution in [0.15, 0.2) is 23.1 Å². The van der Waals surface area contributed by atoms with Crippen molar-refractivity contribution in [3.63, 3.8) is 0 Å². The molecule has 3 fully saturated rings. The van der Waals surface area contributed by atoms with Crippen LogP contribution in [-0.2, 0) is 23.1 Å². The lowest BCUT2D eigenvalue weighted by atomic mass is 9.84. The van der Waals surface area contributed by atoms with Gasteiger partial charge in [0, 0.05) is 55.0 Å². The third kappa shape index (κ3) is 5.33. The van der Waals surface area contributed by atoms with Crippen LogP contribution in [-0.4, -0.2) is 65.0 Å². The molecule has 3 aliphatic heterocycles. The van der Waals surface area contributed by atoms with E-state index in [0.29, 0.717) is 52.7 Å². The number of alkyl carbamates (subject to hydrolysis) is 1. The van der Waals surface area contributed by atoms with Crippen molar-refractivity contribution in [2.75, 3.05) is 11.5 Å². The van der Waals surface area contributed by atoms with Crippen LogP contribution < -0.4 is 15.8 Å². The molecule has 1 amide bonds. The van der Waals surface area contributed by atoms with Crippen LogP contribution in [0.25, 0.3) is 33.2 Å². The van der Waals surface area contributed by atoms with E-state index in [2.05, 4.69) is 22.2 Å². The van der Waals surface area contributed by atoms with E-state index in [4.69, 9.17) is 31.2 Å². The fraction of sp³-hybridized carbons (Fsp3) is 0.606. The minimum atomic E-state index is -0.574. The van der Waals surface area contributed by atoms with Crippen LogP contribution in [0, 0.1) is 0 Å². The molecule has 0 saturated carbocycles. The Morgan fingerprint density at radius 3 is 2.54 bits per heavy atom. The number of aryl methyl sites for hydroxylation is 1. The molecule has 1 aromatic carbocycles. The number of rotatable bonds is 5. The Bertz CT molecular complexity index is 1870. The summed E-state index contributed by atoms with van der Waals surface area (Å²) in [7, 11) is 1.78. The maximum absolute atomic E-state index is 14.4. The molecule has 2 unspecified atom stereocenters. The topological polar surface area (TPSA) is 121 Å². The summed E-state index contributed by atoms with van der Waals surface area (Å²) in [6, 6.07) is 4.01. The zero-order valence-corrected chi connectivity index (χ0v) is 28.2. The summed E-state index contributed by atoms with van der Waals surface area (Å²) in [4.78, 5) is 34.7. The molecule has 3 aliphatic rings. The SMILES string of the molecule is CCn1cc2c(Cl)c(-c3nn(C4CCCCO4)c4nc(N5[C@@H]6CC[C@H]5CC(C)(NC(=O)OC(C)(C)C)C6)n(C)c(=O)c34)ccc2n1. The van der Waals surface area contributed by atoms with Crippen LogP contribution >= 0.6 is 11.6 Å². The van der Waals surface area contributed by atoms with E-state index in [1.54, 1.807) is 16.3 Å². The number of aromatic nitrogens is 6. The smallest absolute Gasteiger partial charge is 0.408 e. The van der Waals surface area contributed by atoms with E-state index < -0.39 is 17.2 Å². The number of fused-ring (bicyclic) bond motifs is 4. The molecule has 7 rings (SSSR count). The predicted octanol–water partition coefficient (Wildman–Crippen LogP) is 5.93. The van der Waals surface area contributed by atoms with Crippen LogP contribution in [0.3, 0.4) is 0 Å². The van der Waals surface area contributed by atoms with Crippen LogP contribution in [0.5, 0.6) is 0 Å². The Hall–Kier alpha value is -3.64. The third-order valence-corrected chi connectivity index (χ3v) is 10.0. The van der Waals surface area contributed by atoms with Crippen molar-refractivity contribution in [3.05, 3.63) is 33.7 Å². The van der Waals surface area contributed by atoms with Gasteiger partial charge in [-0.3, -0.25) is 14.0 Å². The van der Waals surface area contributed by atoms with Gasteiger partial charge in [0.2, 0.25) is 5.95 Å². The second-order valence-corrected chi connectivity index (χ2v) is 14.7. The average Bonchev–Trinajstić information content (AvgIpc) is 3.67. The summed E-state index contributed by atoms with van der Waals surface area (Å²) in [6.07, 6.45) is 7.28. The van der Waals surface area contributed by atoms with E-state index in [-0.39, 0.29) is 23.9 Å². The number of benzene rings is 1. The highest BCUT2D eigenvalue weighted by atomic mass is 35.5. The Balaban J connectivity index is 1.31. The van der Waals surface area contributed by atoms with Gasteiger partial charge >= 0.3 is 6.09 Å². The standard InChI is InChI=1S/C33H43ClN8O4/c1-7-40-18-22-23(37-40)14-13-21(26(22)34)27-25-28(42(38-27)24-10-8-9-15-45-24)35-30(39(6)29(25)43)41-19-11-12-20(41)17-33(5,16-19)36-31(44)46-32(2,3)4/h13-14,18-20,24H,7-12,15-17H2,1-6H3,(H,36,44)/t19-,20+,24?,33?. The number of piperidine rings is 1. The number of amides is 1. The molecule has 46 heavy (non-hydrogen) atoms. The maximum Gasteiger partial charge on any atom is 0.408 e. The molecule has 3 saturated heterocycles. The van der Waals surface area contributed by atoms with Crippen molar-refractivity contribution in [1.82, 2.24) is 34.4 Å². The van der Waals surface area contributed by atoms with Gasteiger partial charge in [0.1, 0.15) is 16.7 Å². The number of halogens is 1. The normalized spacial score (nSPS) is 25.0. The zero-order chi connectivity index (χ0) is 32.5. The molecule has 13 heteroatoms. The number of ether oxygens (including phenoxy) is 2. The Kier molecular flexibility index (Phi) is 7.58. The van der Waals surface area contributed by atoms with Gasteiger partial charge in [0.05, 0.1) is 10.5 Å². The van der Waals surface area contributed by atoms with E-state index in [1.165, 1.54) is 0 Å². The zero-order valence-electron chi connectivity index (χ0n) is 27.5. The predicted molar refractivity (Wildman–Crippen MR) is 177 cm³/mol. The molecule has 1 N–H and O–H groups in total. The summed E-state index contributed by atoms with van der Waals surface area (Å²) in [6.45, 7) is 11.1. The first-order valence-corrected chi connectivity index (χ1v) is 16.8. The summed E-state index contributed by atoms with van der Waals surface area (Å²) in [5.74, 6) is 0.610. The first-order chi connectivity index (χ1) is 21.9. The molecule has 0 aliphatic carbocycles. The summed E-state index contributed by atoms with van der Waals surface area (Å²) in [5.41, 5.74) is 1.26. The second kappa shape index (κ2) is 11.3. The highest BCUT2D eigenvalue weighted by molar-refractivity contribution is 6.38. The Morgan fingerprint density at radius 1 is 1.15 bits per heavy atom. The minimum Gasteiger partial charge on any atom is -0.444 e. The van der Waals surface area contributed by atoms with E-state index in [1.807, 2.05) is 50.7 Å². The van der Waals surface area contributed by atoms with Gasteiger partial charge in [0.15, 0.2) is 11.9 Å². The Morgan fingerprint density at radius 2 is 1.89 bits per heavy atom. The molecule has 0 spiro atoms. The number of nitrogens with one attached hydrogen (secondary N) is 1. The highest BCUT2D eigenvalue weighted by Gasteiger charge is 2.48. The molecule has 0 radical (unpaired) electrons. The van der Waals surface area contributed by atoms with E-state index >= 15 is 0 Å².